The van der Waals surface area contributed by atoms with Crippen LogP contribution in [0.3, 0.4) is 0 Å². The topological polar surface area (TPSA) is 47.1 Å². The molecule has 0 aliphatic heterocycles. The van der Waals surface area contributed by atoms with Crippen LogP contribution in [0.1, 0.15) is 38.5 Å². The van der Waals surface area contributed by atoms with E-state index in [0.29, 0.717) is 12.6 Å². The summed E-state index contributed by atoms with van der Waals surface area (Å²) in [6, 6.07) is 10.9. The Hall–Kier alpha value is -1.81. The SMILES string of the molecule is CCN(c1ccccc1)C(CN)c1cncn1C(C)C. The van der Waals surface area contributed by atoms with Crippen LogP contribution >= 0.6 is 0 Å². The van der Waals surface area contributed by atoms with Gasteiger partial charge in [0.25, 0.3) is 0 Å². The highest BCUT2D eigenvalue weighted by Crippen LogP contribution is 2.27. The first kappa shape index (κ1) is 14.6. The molecule has 108 valence electrons. The molecule has 0 aliphatic carbocycles. The molecule has 0 amide bonds. The lowest BCUT2D eigenvalue weighted by atomic mass is 10.1. The third-order valence-corrected chi connectivity index (χ3v) is 3.62. The average Bonchev–Trinajstić information content (AvgIpc) is 2.94. The third-order valence-electron chi connectivity index (χ3n) is 3.62. The van der Waals surface area contributed by atoms with Gasteiger partial charge in [-0.3, -0.25) is 0 Å². The summed E-state index contributed by atoms with van der Waals surface area (Å²) < 4.78 is 2.20. The standard InChI is InChI=1S/C16H24N4/c1-4-19(14-8-6-5-7-9-14)15(10-17)16-11-18-12-20(16)13(2)3/h5-9,11-13,15H,4,10,17H2,1-3H3. The lowest BCUT2D eigenvalue weighted by Gasteiger charge is -2.33. The number of nitrogens with two attached hydrogens (primary N) is 1. The predicted octanol–water partition coefficient (Wildman–Crippen LogP) is 2.99. The Morgan fingerprint density at radius 2 is 1.95 bits per heavy atom. The Morgan fingerprint density at radius 3 is 2.50 bits per heavy atom. The molecule has 2 N–H and O–H groups in total. The van der Waals surface area contributed by atoms with Gasteiger partial charge in [0.05, 0.1) is 24.3 Å². The zero-order valence-electron chi connectivity index (χ0n) is 12.5. The van der Waals surface area contributed by atoms with E-state index in [4.69, 9.17) is 5.73 Å². The molecule has 0 aliphatic rings. The minimum Gasteiger partial charge on any atom is -0.362 e. The molecule has 2 rings (SSSR count). The molecule has 0 saturated heterocycles. The molecule has 20 heavy (non-hydrogen) atoms. The third kappa shape index (κ3) is 2.85. The normalized spacial score (nSPS) is 12.7. The number of para-hydroxylation sites is 1. The summed E-state index contributed by atoms with van der Waals surface area (Å²) in [7, 11) is 0. The first-order valence-electron chi connectivity index (χ1n) is 7.22. The van der Waals surface area contributed by atoms with Gasteiger partial charge in [-0.2, -0.15) is 0 Å². The molecule has 0 saturated carbocycles. The van der Waals surface area contributed by atoms with Crippen LogP contribution in [0.2, 0.25) is 0 Å². The Morgan fingerprint density at radius 1 is 1.25 bits per heavy atom. The first-order chi connectivity index (χ1) is 9.69. The number of likely N-dealkylation sites (N-methyl/N-ethyl adjacent to an activating group) is 1. The minimum atomic E-state index is 0.146. The van der Waals surface area contributed by atoms with Crippen LogP contribution in [-0.2, 0) is 0 Å². The fourth-order valence-electron chi connectivity index (χ4n) is 2.61. The second kappa shape index (κ2) is 6.57. The highest BCUT2D eigenvalue weighted by Gasteiger charge is 2.22. The number of rotatable bonds is 6. The van der Waals surface area contributed by atoms with Crippen molar-refractivity contribution in [3.63, 3.8) is 0 Å². The molecule has 0 radical (unpaired) electrons. The summed E-state index contributed by atoms with van der Waals surface area (Å²) in [6.45, 7) is 7.97. The number of hydrogen-bond donors (Lipinski definition) is 1. The molecular formula is C16H24N4. The molecular weight excluding hydrogens is 248 g/mol. The van der Waals surface area contributed by atoms with Gasteiger partial charge >= 0.3 is 0 Å². The lowest BCUT2D eigenvalue weighted by molar-refractivity contribution is 0.524. The highest BCUT2D eigenvalue weighted by atomic mass is 15.2. The molecule has 0 bridgehead atoms. The Labute approximate surface area is 121 Å². The van der Waals surface area contributed by atoms with Gasteiger partial charge in [-0.25, -0.2) is 4.98 Å². The second-order valence-electron chi connectivity index (χ2n) is 5.19. The summed E-state index contributed by atoms with van der Waals surface area (Å²) >= 11 is 0. The molecule has 1 aromatic carbocycles. The maximum Gasteiger partial charge on any atom is 0.0951 e. The van der Waals surface area contributed by atoms with E-state index in [1.165, 1.54) is 11.4 Å². The van der Waals surface area contributed by atoms with Gasteiger partial charge in [0.1, 0.15) is 0 Å². The zero-order chi connectivity index (χ0) is 14.5. The molecule has 1 heterocycles. The van der Waals surface area contributed by atoms with E-state index >= 15 is 0 Å². The summed E-state index contributed by atoms with van der Waals surface area (Å²) in [5, 5.41) is 0. The summed E-state index contributed by atoms with van der Waals surface area (Å²) in [4.78, 5) is 6.63. The average molecular weight is 272 g/mol. The Bertz CT molecular complexity index is 518. The van der Waals surface area contributed by atoms with Crippen molar-refractivity contribution in [3.8, 4) is 0 Å². The van der Waals surface area contributed by atoms with Crippen LogP contribution in [0.5, 0.6) is 0 Å². The number of anilines is 1. The van der Waals surface area contributed by atoms with Gasteiger partial charge in [0, 0.05) is 24.8 Å². The van der Waals surface area contributed by atoms with E-state index in [1.54, 1.807) is 0 Å². The van der Waals surface area contributed by atoms with Crippen LogP contribution in [0.25, 0.3) is 0 Å². The second-order valence-corrected chi connectivity index (χ2v) is 5.19. The molecule has 1 unspecified atom stereocenters. The summed E-state index contributed by atoms with van der Waals surface area (Å²) in [5.74, 6) is 0. The van der Waals surface area contributed by atoms with E-state index in [1.807, 2.05) is 18.6 Å². The van der Waals surface area contributed by atoms with Crippen molar-refractivity contribution in [2.45, 2.75) is 32.9 Å². The summed E-state index contributed by atoms with van der Waals surface area (Å²) in [5.41, 5.74) is 8.43. The van der Waals surface area contributed by atoms with E-state index in [2.05, 4.69) is 59.5 Å². The minimum absolute atomic E-state index is 0.146. The number of hydrogen-bond acceptors (Lipinski definition) is 3. The van der Waals surface area contributed by atoms with Gasteiger partial charge in [0.2, 0.25) is 0 Å². The monoisotopic (exact) mass is 272 g/mol. The lowest BCUT2D eigenvalue weighted by Crippen LogP contribution is -2.35. The molecule has 2 aromatic rings. The van der Waals surface area contributed by atoms with Crippen LogP contribution in [0.4, 0.5) is 5.69 Å². The van der Waals surface area contributed by atoms with E-state index in [-0.39, 0.29) is 6.04 Å². The molecule has 0 fully saturated rings. The molecule has 0 spiro atoms. The number of nitrogens with zero attached hydrogens (tertiary/aromatic N) is 3. The van der Waals surface area contributed by atoms with Crippen molar-refractivity contribution in [2.24, 2.45) is 5.73 Å². The van der Waals surface area contributed by atoms with Gasteiger partial charge in [-0.15, -0.1) is 0 Å². The van der Waals surface area contributed by atoms with Crippen LogP contribution in [0.15, 0.2) is 42.9 Å². The fraction of sp³-hybridized carbons (Fsp3) is 0.438. The van der Waals surface area contributed by atoms with Gasteiger partial charge < -0.3 is 15.2 Å². The van der Waals surface area contributed by atoms with E-state index in [0.717, 1.165) is 6.54 Å². The fourth-order valence-corrected chi connectivity index (χ4v) is 2.61. The molecule has 1 aromatic heterocycles. The molecule has 1 atom stereocenters. The van der Waals surface area contributed by atoms with Crippen molar-refractivity contribution < 1.29 is 0 Å². The van der Waals surface area contributed by atoms with E-state index in [9.17, 15) is 0 Å². The number of aromatic nitrogens is 2. The van der Waals surface area contributed by atoms with Gasteiger partial charge in [0.15, 0.2) is 0 Å². The van der Waals surface area contributed by atoms with Crippen LogP contribution < -0.4 is 10.6 Å². The van der Waals surface area contributed by atoms with Crippen LogP contribution in [-0.4, -0.2) is 22.6 Å². The zero-order valence-corrected chi connectivity index (χ0v) is 12.5. The maximum absolute atomic E-state index is 6.06. The molecule has 4 heteroatoms. The quantitative estimate of drug-likeness (QED) is 0.879. The first-order valence-corrected chi connectivity index (χ1v) is 7.22. The number of benzene rings is 1. The van der Waals surface area contributed by atoms with Gasteiger partial charge in [-0.1, -0.05) is 18.2 Å². The van der Waals surface area contributed by atoms with Crippen molar-refractivity contribution in [2.75, 3.05) is 18.0 Å². The van der Waals surface area contributed by atoms with E-state index < -0.39 is 0 Å². The highest BCUT2D eigenvalue weighted by molar-refractivity contribution is 5.48. The smallest absolute Gasteiger partial charge is 0.0951 e. The van der Waals surface area contributed by atoms with Crippen molar-refractivity contribution in [1.29, 1.82) is 0 Å². The number of imidazole rings is 1. The molecule has 4 nitrogen and oxygen atoms in total. The van der Waals surface area contributed by atoms with Crippen molar-refractivity contribution in [3.05, 3.63) is 48.5 Å². The summed E-state index contributed by atoms with van der Waals surface area (Å²) in [6.07, 6.45) is 3.82. The van der Waals surface area contributed by atoms with Crippen molar-refractivity contribution >= 4 is 5.69 Å². The Kier molecular flexibility index (Phi) is 4.79. The largest absolute Gasteiger partial charge is 0.362 e. The van der Waals surface area contributed by atoms with Gasteiger partial charge in [-0.05, 0) is 32.9 Å². The van der Waals surface area contributed by atoms with Crippen molar-refractivity contribution in [1.82, 2.24) is 9.55 Å². The maximum atomic E-state index is 6.06. The predicted molar refractivity (Wildman–Crippen MR) is 83.9 cm³/mol. The Balaban J connectivity index is 2.37. The van der Waals surface area contributed by atoms with Crippen LogP contribution in [0, 0.1) is 0 Å².